The van der Waals surface area contributed by atoms with Gasteiger partial charge in [-0.05, 0) is 24.3 Å². The van der Waals surface area contributed by atoms with Gasteiger partial charge in [-0.15, -0.1) is 0 Å². The molecule has 3 aromatic rings. The molecule has 0 N–H and O–H groups in total. The highest BCUT2D eigenvalue weighted by atomic mass is 16.7. The minimum absolute atomic E-state index is 0.0161. The number of rotatable bonds is 5. The Labute approximate surface area is 172 Å². The lowest BCUT2D eigenvalue weighted by Gasteiger charge is -2.16. The van der Waals surface area contributed by atoms with Crippen molar-refractivity contribution in [1.82, 2.24) is 10.1 Å². The number of amides is 1. The van der Waals surface area contributed by atoms with E-state index in [-0.39, 0.29) is 25.0 Å². The van der Waals surface area contributed by atoms with Crippen LogP contribution < -0.4 is 23.8 Å². The highest BCUT2D eigenvalue weighted by Crippen LogP contribution is 2.40. The SMILES string of the molecule is COc1cccc(-c2noc([C@@H]3CC(=O)N(c4ccc5c(c4)OCO5)C3)n2)c1OC. The Hall–Kier alpha value is -3.75. The molecule has 0 spiro atoms. The zero-order chi connectivity index (χ0) is 20.7. The summed E-state index contributed by atoms with van der Waals surface area (Å²) in [6.07, 6.45) is 0.283. The van der Waals surface area contributed by atoms with Gasteiger partial charge in [0, 0.05) is 24.7 Å². The van der Waals surface area contributed by atoms with E-state index in [4.69, 9.17) is 23.5 Å². The van der Waals surface area contributed by atoms with Crippen molar-refractivity contribution >= 4 is 11.6 Å². The fourth-order valence-electron chi connectivity index (χ4n) is 3.75. The summed E-state index contributed by atoms with van der Waals surface area (Å²) in [7, 11) is 3.12. The van der Waals surface area contributed by atoms with E-state index < -0.39 is 0 Å². The summed E-state index contributed by atoms with van der Waals surface area (Å²) in [4.78, 5) is 18.9. The molecule has 5 rings (SSSR count). The topological polar surface area (TPSA) is 96.2 Å². The van der Waals surface area contributed by atoms with Crippen molar-refractivity contribution in [2.45, 2.75) is 12.3 Å². The average molecular weight is 409 g/mol. The van der Waals surface area contributed by atoms with Gasteiger partial charge in [0.2, 0.25) is 24.4 Å². The summed E-state index contributed by atoms with van der Waals surface area (Å²) in [6, 6.07) is 10.9. The third kappa shape index (κ3) is 2.99. The van der Waals surface area contributed by atoms with Crippen LogP contribution in [0.4, 0.5) is 5.69 Å². The number of hydrogen-bond donors (Lipinski definition) is 0. The zero-order valence-electron chi connectivity index (χ0n) is 16.5. The molecule has 1 saturated heterocycles. The molecule has 1 fully saturated rings. The van der Waals surface area contributed by atoms with E-state index in [1.807, 2.05) is 24.3 Å². The van der Waals surface area contributed by atoms with Crippen molar-refractivity contribution < 1.29 is 28.3 Å². The van der Waals surface area contributed by atoms with Gasteiger partial charge in [-0.25, -0.2) is 0 Å². The van der Waals surface area contributed by atoms with Gasteiger partial charge in [-0.2, -0.15) is 4.98 Å². The van der Waals surface area contributed by atoms with Crippen molar-refractivity contribution in [3.8, 4) is 34.4 Å². The minimum atomic E-state index is -0.208. The molecule has 0 bridgehead atoms. The Kier molecular flexibility index (Phi) is 4.42. The molecule has 0 radical (unpaired) electrons. The quantitative estimate of drug-likeness (QED) is 0.635. The van der Waals surface area contributed by atoms with Crippen LogP contribution in [-0.2, 0) is 4.79 Å². The largest absolute Gasteiger partial charge is 0.493 e. The summed E-state index contributed by atoms with van der Waals surface area (Å²) in [5.41, 5.74) is 1.41. The van der Waals surface area contributed by atoms with Gasteiger partial charge in [0.15, 0.2) is 23.0 Å². The Morgan fingerprint density at radius 1 is 1.10 bits per heavy atom. The highest BCUT2D eigenvalue weighted by molar-refractivity contribution is 5.96. The molecular formula is C21H19N3O6. The van der Waals surface area contributed by atoms with Crippen molar-refractivity contribution in [1.29, 1.82) is 0 Å². The summed E-state index contributed by atoms with van der Waals surface area (Å²) >= 11 is 0. The van der Waals surface area contributed by atoms with Gasteiger partial charge in [-0.3, -0.25) is 4.79 Å². The number of carbonyl (C=O) groups excluding carboxylic acids is 1. The van der Waals surface area contributed by atoms with E-state index >= 15 is 0 Å². The number of methoxy groups -OCH3 is 2. The Balaban J connectivity index is 1.39. The van der Waals surface area contributed by atoms with Crippen molar-refractivity contribution in [3.05, 3.63) is 42.3 Å². The molecular weight excluding hydrogens is 390 g/mol. The first-order chi connectivity index (χ1) is 14.7. The van der Waals surface area contributed by atoms with Gasteiger partial charge >= 0.3 is 0 Å². The molecule has 2 aliphatic heterocycles. The van der Waals surface area contributed by atoms with E-state index in [2.05, 4.69) is 10.1 Å². The Morgan fingerprint density at radius 3 is 2.80 bits per heavy atom. The third-order valence-electron chi connectivity index (χ3n) is 5.23. The van der Waals surface area contributed by atoms with Crippen molar-refractivity contribution in [2.75, 3.05) is 32.5 Å². The smallest absolute Gasteiger partial charge is 0.232 e. The molecule has 2 aliphatic rings. The first-order valence-corrected chi connectivity index (χ1v) is 9.43. The lowest BCUT2D eigenvalue weighted by molar-refractivity contribution is -0.117. The van der Waals surface area contributed by atoms with Gasteiger partial charge in [0.05, 0.1) is 25.7 Å². The van der Waals surface area contributed by atoms with E-state index in [1.165, 1.54) is 0 Å². The van der Waals surface area contributed by atoms with Crippen LogP contribution >= 0.6 is 0 Å². The fourth-order valence-corrected chi connectivity index (χ4v) is 3.75. The van der Waals surface area contributed by atoms with Gasteiger partial charge in [0.1, 0.15) is 0 Å². The summed E-state index contributed by atoms with van der Waals surface area (Å²) in [6.45, 7) is 0.628. The van der Waals surface area contributed by atoms with Crippen LogP contribution in [0.5, 0.6) is 23.0 Å². The number of ether oxygens (including phenoxy) is 4. The maximum atomic E-state index is 12.6. The maximum absolute atomic E-state index is 12.6. The second-order valence-electron chi connectivity index (χ2n) is 6.94. The molecule has 1 aromatic heterocycles. The second-order valence-corrected chi connectivity index (χ2v) is 6.94. The molecule has 154 valence electrons. The van der Waals surface area contributed by atoms with Crippen LogP contribution in [0.3, 0.4) is 0 Å². The van der Waals surface area contributed by atoms with Crippen LogP contribution in [0, 0.1) is 0 Å². The van der Waals surface area contributed by atoms with Gasteiger partial charge < -0.3 is 28.4 Å². The Morgan fingerprint density at radius 2 is 1.97 bits per heavy atom. The lowest BCUT2D eigenvalue weighted by atomic mass is 10.1. The number of benzene rings is 2. The van der Waals surface area contributed by atoms with E-state index in [0.29, 0.717) is 46.8 Å². The molecule has 9 heteroatoms. The number of hydrogen-bond acceptors (Lipinski definition) is 8. The molecule has 30 heavy (non-hydrogen) atoms. The molecule has 3 heterocycles. The lowest BCUT2D eigenvalue weighted by Crippen LogP contribution is -2.24. The molecule has 9 nitrogen and oxygen atoms in total. The van der Waals surface area contributed by atoms with Crippen LogP contribution in [-0.4, -0.2) is 43.6 Å². The molecule has 2 aromatic carbocycles. The monoisotopic (exact) mass is 409 g/mol. The average Bonchev–Trinajstić information content (AvgIpc) is 3.51. The molecule has 0 saturated carbocycles. The first-order valence-electron chi connectivity index (χ1n) is 9.43. The van der Waals surface area contributed by atoms with Crippen LogP contribution in [0.15, 0.2) is 40.9 Å². The third-order valence-corrected chi connectivity index (χ3v) is 5.23. The van der Waals surface area contributed by atoms with Crippen LogP contribution in [0.2, 0.25) is 0 Å². The van der Waals surface area contributed by atoms with Gasteiger partial charge in [0.25, 0.3) is 0 Å². The predicted octanol–water partition coefficient (Wildman–Crippen LogP) is 3.00. The number of anilines is 1. The summed E-state index contributed by atoms with van der Waals surface area (Å²) in [5, 5.41) is 4.10. The molecule has 0 aliphatic carbocycles. The zero-order valence-corrected chi connectivity index (χ0v) is 16.5. The maximum Gasteiger partial charge on any atom is 0.232 e. The number of para-hydroxylation sites is 1. The van der Waals surface area contributed by atoms with Crippen LogP contribution in [0.1, 0.15) is 18.2 Å². The van der Waals surface area contributed by atoms with Gasteiger partial charge in [-0.1, -0.05) is 11.2 Å². The van der Waals surface area contributed by atoms with Crippen LogP contribution in [0.25, 0.3) is 11.4 Å². The van der Waals surface area contributed by atoms with E-state index in [1.54, 1.807) is 31.3 Å². The Bertz CT molecular complexity index is 1110. The van der Waals surface area contributed by atoms with E-state index in [9.17, 15) is 4.79 Å². The summed E-state index contributed by atoms with van der Waals surface area (Å²) < 4.78 is 27.0. The first kappa shape index (κ1) is 18.3. The number of carbonyl (C=O) groups is 1. The second kappa shape index (κ2) is 7.25. The van der Waals surface area contributed by atoms with Crippen molar-refractivity contribution in [2.24, 2.45) is 0 Å². The molecule has 0 unspecified atom stereocenters. The van der Waals surface area contributed by atoms with E-state index in [0.717, 1.165) is 5.69 Å². The summed E-state index contributed by atoms with van der Waals surface area (Å²) in [5.74, 6) is 2.98. The van der Waals surface area contributed by atoms with Crippen molar-refractivity contribution in [3.63, 3.8) is 0 Å². The highest BCUT2D eigenvalue weighted by Gasteiger charge is 2.36. The predicted molar refractivity (Wildman–Crippen MR) is 105 cm³/mol. The standard InChI is InChI=1S/C21H19N3O6/c1-26-16-5-3-4-14(19(16)27-2)20-22-21(30-23-20)12-8-18(25)24(10-12)13-6-7-15-17(9-13)29-11-28-15/h3-7,9,12H,8,10-11H2,1-2H3/t12-/m1/s1. The minimum Gasteiger partial charge on any atom is -0.493 e. The molecule has 1 amide bonds. The fraction of sp³-hybridized carbons (Fsp3) is 0.286. The molecule has 1 atom stereocenters. The number of fused-ring (bicyclic) bond motifs is 1. The number of nitrogens with zero attached hydrogens (tertiary/aromatic N) is 3. The normalized spacial score (nSPS) is 17.5. The number of aromatic nitrogens is 2.